The van der Waals surface area contributed by atoms with Gasteiger partial charge in [-0.2, -0.15) is 0 Å². The normalized spacial score (nSPS) is 33.0. The zero-order valence-electron chi connectivity index (χ0n) is 8.43. The fourth-order valence-corrected chi connectivity index (χ4v) is 2.57. The van der Waals surface area contributed by atoms with Gasteiger partial charge in [0, 0.05) is 11.8 Å². The Hall–Kier alpha value is -0.0400. The first-order chi connectivity index (χ1) is 5.09. The Morgan fingerprint density at radius 3 is 1.58 bits per heavy atom. The molecule has 1 fully saturated rings. The first kappa shape index (κ1) is 12.0. The summed E-state index contributed by atoms with van der Waals surface area (Å²) in [6, 6.07) is 0. The van der Waals surface area contributed by atoms with E-state index in [0.717, 1.165) is 11.8 Å². The highest BCUT2D eigenvalue weighted by atomic mass is 15.3. The molecule has 0 radical (unpaired) electrons. The predicted octanol–water partition coefficient (Wildman–Crippen LogP) is 2.76. The Morgan fingerprint density at radius 1 is 1.00 bits per heavy atom. The molecule has 2 unspecified atom stereocenters. The van der Waals surface area contributed by atoms with Crippen molar-refractivity contribution in [2.75, 3.05) is 27.2 Å². The third-order valence-corrected chi connectivity index (χ3v) is 3.17. The number of likely N-dealkylation sites (tertiary alicyclic amines) is 1. The summed E-state index contributed by atoms with van der Waals surface area (Å²) < 4.78 is 1.25. The Kier molecular flexibility index (Phi) is 4.25. The van der Waals surface area contributed by atoms with Crippen molar-refractivity contribution in [1.82, 2.24) is 0 Å². The summed E-state index contributed by atoms with van der Waals surface area (Å²) in [5, 5.41) is 0. The average molecular weight is 172 g/mol. The molecular weight excluding hydrogens is 146 g/mol. The molecule has 0 aromatic rings. The van der Waals surface area contributed by atoms with Crippen molar-refractivity contribution in [3.05, 3.63) is 0 Å². The summed E-state index contributed by atoms with van der Waals surface area (Å²) in [7, 11) is 4.72. The highest BCUT2D eigenvalue weighted by Gasteiger charge is 2.37. The van der Waals surface area contributed by atoms with Crippen LogP contribution in [-0.2, 0) is 0 Å². The van der Waals surface area contributed by atoms with Crippen LogP contribution >= 0.6 is 0 Å². The zero-order chi connectivity index (χ0) is 8.48. The third-order valence-electron chi connectivity index (χ3n) is 3.17. The SMILES string of the molecule is C.CCC1C[N+](C)(C)CC1CC. The molecular formula is C11H26N+. The minimum absolute atomic E-state index is 0. The van der Waals surface area contributed by atoms with Crippen molar-refractivity contribution in [1.29, 1.82) is 0 Å². The lowest BCUT2D eigenvalue weighted by molar-refractivity contribution is -0.880. The van der Waals surface area contributed by atoms with Gasteiger partial charge in [0.15, 0.2) is 0 Å². The molecule has 0 N–H and O–H groups in total. The van der Waals surface area contributed by atoms with Gasteiger partial charge >= 0.3 is 0 Å². The van der Waals surface area contributed by atoms with Gasteiger partial charge in [0.05, 0.1) is 27.2 Å². The molecule has 0 aromatic heterocycles. The molecule has 0 bridgehead atoms. The van der Waals surface area contributed by atoms with Crippen LogP contribution in [0.1, 0.15) is 34.1 Å². The van der Waals surface area contributed by atoms with Gasteiger partial charge in [-0.25, -0.2) is 0 Å². The molecule has 1 heterocycles. The molecule has 1 aliphatic rings. The van der Waals surface area contributed by atoms with Gasteiger partial charge < -0.3 is 4.48 Å². The highest BCUT2D eigenvalue weighted by Crippen LogP contribution is 2.30. The van der Waals surface area contributed by atoms with Gasteiger partial charge in [-0.05, 0) is 12.8 Å². The molecule has 1 nitrogen and oxygen atoms in total. The average Bonchev–Trinajstić information content (AvgIpc) is 2.25. The van der Waals surface area contributed by atoms with E-state index in [1.807, 2.05) is 0 Å². The molecule has 0 spiro atoms. The summed E-state index contributed by atoms with van der Waals surface area (Å²) >= 11 is 0. The second-order valence-electron chi connectivity index (χ2n) is 4.64. The molecule has 0 amide bonds. The van der Waals surface area contributed by atoms with Gasteiger partial charge in [-0.15, -0.1) is 0 Å². The molecule has 12 heavy (non-hydrogen) atoms. The summed E-state index contributed by atoms with van der Waals surface area (Å²) in [4.78, 5) is 0. The van der Waals surface area contributed by atoms with Gasteiger partial charge in [-0.3, -0.25) is 0 Å². The molecule has 1 rings (SSSR count). The van der Waals surface area contributed by atoms with E-state index in [0.29, 0.717) is 0 Å². The molecule has 0 saturated carbocycles. The fourth-order valence-electron chi connectivity index (χ4n) is 2.57. The zero-order valence-corrected chi connectivity index (χ0v) is 8.43. The molecule has 2 atom stereocenters. The van der Waals surface area contributed by atoms with Crippen LogP contribution < -0.4 is 0 Å². The van der Waals surface area contributed by atoms with Crippen LogP contribution in [0.4, 0.5) is 0 Å². The summed E-state index contributed by atoms with van der Waals surface area (Å²) in [6.07, 6.45) is 2.75. The lowest BCUT2D eigenvalue weighted by Gasteiger charge is -2.23. The molecule has 1 saturated heterocycles. The number of nitrogens with zero attached hydrogens (tertiary/aromatic N) is 1. The van der Waals surface area contributed by atoms with Crippen LogP contribution in [0.25, 0.3) is 0 Å². The largest absolute Gasteiger partial charge is 0.328 e. The van der Waals surface area contributed by atoms with Gasteiger partial charge in [0.2, 0.25) is 0 Å². The van der Waals surface area contributed by atoms with E-state index < -0.39 is 0 Å². The first-order valence-electron chi connectivity index (χ1n) is 4.91. The van der Waals surface area contributed by atoms with Crippen molar-refractivity contribution in [2.45, 2.75) is 34.1 Å². The fraction of sp³-hybridized carbons (Fsp3) is 1.00. The van der Waals surface area contributed by atoms with Crippen molar-refractivity contribution in [2.24, 2.45) is 11.8 Å². The van der Waals surface area contributed by atoms with Crippen molar-refractivity contribution >= 4 is 0 Å². The van der Waals surface area contributed by atoms with Crippen molar-refractivity contribution < 1.29 is 4.48 Å². The van der Waals surface area contributed by atoms with E-state index in [1.165, 1.54) is 30.4 Å². The lowest BCUT2D eigenvalue weighted by Crippen LogP contribution is -2.36. The van der Waals surface area contributed by atoms with Crippen LogP contribution in [0.3, 0.4) is 0 Å². The van der Waals surface area contributed by atoms with Gasteiger partial charge in [0.25, 0.3) is 0 Å². The van der Waals surface area contributed by atoms with E-state index in [2.05, 4.69) is 27.9 Å². The van der Waals surface area contributed by atoms with Crippen molar-refractivity contribution in [3.63, 3.8) is 0 Å². The number of hydrogen-bond acceptors (Lipinski definition) is 0. The van der Waals surface area contributed by atoms with Crippen LogP contribution in [0.5, 0.6) is 0 Å². The van der Waals surface area contributed by atoms with Crippen LogP contribution in [0.2, 0.25) is 0 Å². The van der Waals surface area contributed by atoms with Gasteiger partial charge in [-0.1, -0.05) is 21.3 Å². The summed E-state index contributed by atoms with van der Waals surface area (Å²) in [5.41, 5.74) is 0. The topological polar surface area (TPSA) is 0 Å². The number of rotatable bonds is 2. The van der Waals surface area contributed by atoms with Gasteiger partial charge in [0.1, 0.15) is 0 Å². The molecule has 74 valence electrons. The minimum atomic E-state index is 0. The predicted molar refractivity (Wildman–Crippen MR) is 56.1 cm³/mol. The maximum absolute atomic E-state index is 2.36. The number of quaternary nitrogens is 1. The Labute approximate surface area is 78.4 Å². The molecule has 1 heteroatoms. The Morgan fingerprint density at radius 2 is 1.33 bits per heavy atom. The number of hydrogen-bond donors (Lipinski definition) is 0. The second kappa shape index (κ2) is 4.27. The minimum Gasteiger partial charge on any atom is -0.328 e. The summed E-state index contributed by atoms with van der Waals surface area (Å²) in [5.74, 6) is 1.99. The monoisotopic (exact) mass is 172 g/mol. The van der Waals surface area contributed by atoms with E-state index in [4.69, 9.17) is 0 Å². The Balaban J connectivity index is 0.00000121. The standard InChI is InChI=1S/C10H22N.CH4/c1-5-9-7-11(3,4)8-10(9)6-2;/h9-10H,5-8H2,1-4H3;1H4/q+1;. The smallest absolute Gasteiger partial charge is 0.0815 e. The maximum Gasteiger partial charge on any atom is 0.0815 e. The maximum atomic E-state index is 2.36. The Bertz CT molecular complexity index is 115. The van der Waals surface area contributed by atoms with Crippen LogP contribution in [0, 0.1) is 11.8 Å². The van der Waals surface area contributed by atoms with E-state index in [-0.39, 0.29) is 7.43 Å². The van der Waals surface area contributed by atoms with Crippen LogP contribution in [0.15, 0.2) is 0 Å². The summed E-state index contributed by atoms with van der Waals surface area (Å²) in [6.45, 7) is 7.46. The molecule has 0 aromatic carbocycles. The highest BCUT2D eigenvalue weighted by molar-refractivity contribution is 4.73. The first-order valence-corrected chi connectivity index (χ1v) is 4.91. The van der Waals surface area contributed by atoms with E-state index >= 15 is 0 Å². The quantitative estimate of drug-likeness (QED) is 0.562. The van der Waals surface area contributed by atoms with E-state index in [9.17, 15) is 0 Å². The lowest BCUT2D eigenvalue weighted by atomic mass is 9.92. The van der Waals surface area contributed by atoms with Crippen LogP contribution in [-0.4, -0.2) is 31.7 Å². The second-order valence-corrected chi connectivity index (χ2v) is 4.64. The van der Waals surface area contributed by atoms with E-state index in [1.54, 1.807) is 0 Å². The van der Waals surface area contributed by atoms with Crippen molar-refractivity contribution in [3.8, 4) is 0 Å². The molecule has 0 aliphatic carbocycles. The third kappa shape index (κ3) is 2.48. The molecule has 1 aliphatic heterocycles.